The second-order valence-corrected chi connectivity index (χ2v) is 7.05. The maximum atomic E-state index is 12.7. The lowest BCUT2D eigenvalue weighted by atomic mass is 10.2. The minimum Gasteiger partial charge on any atom is -0.357 e. The SMILES string of the molecule is C[C@H](NC(=O)N1CCN(C(=O)c2ccc[nH]2)CC1)c1nc2ccccc2n1C. The van der Waals surface area contributed by atoms with Crippen LogP contribution in [0, 0.1) is 0 Å². The van der Waals surface area contributed by atoms with Crippen molar-refractivity contribution in [2.75, 3.05) is 26.2 Å². The molecule has 1 atom stereocenters. The van der Waals surface area contributed by atoms with Crippen molar-refractivity contribution in [3.8, 4) is 0 Å². The molecule has 3 heterocycles. The van der Waals surface area contributed by atoms with Crippen LogP contribution in [-0.2, 0) is 7.05 Å². The minimum absolute atomic E-state index is 0.0295. The third-order valence-corrected chi connectivity index (χ3v) is 5.23. The quantitative estimate of drug-likeness (QED) is 0.730. The Balaban J connectivity index is 1.36. The molecule has 1 fully saturated rings. The molecule has 0 spiro atoms. The number of aromatic amines is 1. The fourth-order valence-electron chi connectivity index (χ4n) is 3.64. The molecule has 3 amide bonds. The van der Waals surface area contributed by atoms with Crippen LogP contribution in [0.25, 0.3) is 11.0 Å². The molecule has 2 aromatic heterocycles. The number of piperazine rings is 1. The largest absolute Gasteiger partial charge is 0.357 e. The van der Waals surface area contributed by atoms with Gasteiger partial charge in [-0.15, -0.1) is 0 Å². The van der Waals surface area contributed by atoms with E-state index in [0.29, 0.717) is 31.9 Å². The summed E-state index contributed by atoms with van der Waals surface area (Å²) in [5.74, 6) is 0.785. The molecule has 2 N–H and O–H groups in total. The maximum absolute atomic E-state index is 12.7. The predicted molar refractivity (Wildman–Crippen MR) is 106 cm³/mol. The lowest BCUT2D eigenvalue weighted by molar-refractivity contribution is 0.0658. The molecule has 0 aliphatic carbocycles. The Kier molecular flexibility index (Phi) is 4.77. The van der Waals surface area contributed by atoms with Gasteiger partial charge in [-0.05, 0) is 31.2 Å². The number of imidazole rings is 1. The highest BCUT2D eigenvalue weighted by Gasteiger charge is 2.26. The van der Waals surface area contributed by atoms with Crippen molar-refractivity contribution in [1.82, 2.24) is 29.7 Å². The molecule has 0 unspecified atom stereocenters. The number of amides is 3. The van der Waals surface area contributed by atoms with Crippen LogP contribution in [0.15, 0.2) is 42.6 Å². The van der Waals surface area contributed by atoms with Crippen LogP contribution >= 0.6 is 0 Å². The Morgan fingerprint density at radius 1 is 1.07 bits per heavy atom. The Hall–Kier alpha value is -3.29. The summed E-state index contributed by atoms with van der Waals surface area (Å²) in [5.41, 5.74) is 2.53. The minimum atomic E-state index is -0.219. The van der Waals surface area contributed by atoms with Gasteiger partial charge < -0.3 is 24.7 Å². The van der Waals surface area contributed by atoms with E-state index in [2.05, 4.69) is 15.3 Å². The molecule has 8 nitrogen and oxygen atoms in total. The second-order valence-electron chi connectivity index (χ2n) is 7.05. The summed E-state index contributed by atoms with van der Waals surface area (Å²) in [4.78, 5) is 36.2. The lowest BCUT2D eigenvalue weighted by Crippen LogP contribution is -2.53. The van der Waals surface area contributed by atoms with E-state index in [9.17, 15) is 9.59 Å². The molecule has 3 aromatic rings. The first kappa shape index (κ1) is 18.1. The average molecular weight is 380 g/mol. The van der Waals surface area contributed by atoms with Crippen LogP contribution < -0.4 is 5.32 Å². The summed E-state index contributed by atoms with van der Waals surface area (Å²) in [6, 6.07) is 11.1. The predicted octanol–water partition coefficient (Wildman–Crippen LogP) is 2.13. The number of benzene rings is 1. The topological polar surface area (TPSA) is 86.3 Å². The first-order valence-electron chi connectivity index (χ1n) is 9.44. The van der Waals surface area contributed by atoms with Crippen molar-refractivity contribution < 1.29 is 9.59 Å². The van der Waals surface area contributed by atoms with Crippen LogP contribution in [-0.4, -0.2) is 62.5 Å². The van der Waals surface area contributed by atoms with E-state index in [1.54, 1.807) is 28.1 Å². The number of H-pyrrole nitrogens is 1. The van der Waals surface area contributed by atoms with Crippen molar-refractivity contribution in [3.63, 3.8) is 0 Å². The molecule has 4 rings (SSSR count). The van der Waals surface area contributed by atoms with E-state index in [1.165, 1.54) is 0 Å². The lowest BCUT2D eigenvalue weighted by Gasteiger charge is -2.35. The number of carbonyl (C=O) groups excluding carboxylic acids is 2. The Bertz CT molecular complexity index is 985. The van der Waals surface area contributed by atoms with E-state index in [0.717, 1.165) is 16.9 Å². The van der Waals surface area contributed by atoms with Crippen LogP contribution in [0.4, 0.5) is 4.79 Å². The molecular weight excluding hydrogens is 356 g/mol. The summed E-state index contributed by atoms with van der Waals surface area (Å²) in [6.45, 7) is 3.99. The molecule has 1 saturated heterocycles. The molecule has 1 aliphatic rings. The Morgan fingerprint density at radius 2 is 1.79 bits per heavy atom. The third-order valence-electron chi connectivity index (χ3n) is 5.23. The average Bonchev–Trinajstić information content (AvgIpc) is 3.36. The van der Waals surface area contributed by atoms with E-state index in [4.69, 9.17) is 0 Å². The fraction of sp³-hybridized carbons (Fsp3) is 0.350. The van der Waals surface area contributed by atoms with Gasteiger partial charge in [0.25, 0.3) is 5.91 Å². The van der Waals surface area contributed by atoms with Gasteiger partial charge >= 0.3 is 6.03 Å². The summed E-state index contributed by atoms with van der Waals surface area (Å²) in [7, 11) is 1.96. The van der Waals surface area contributed by atoms with Gasteiger partial charge in [0.1, 0.15) is 11.5 Å². The van der Waals surface area contributed by atoms with Crippen molar-refractivity contribution in [3.05, 3.63) is 54.1 Å². The van der Waals surface area contributed by atoms with Crippen LogP contribution in [0.3, 0.4) is 0 Å². The van der Waals surface area contributed by atoms with Crippen molar-refractivity contribution >= 4 is 23.0 Å². The molecule has 1 aromatic carbocycles. The maximum Gasteiger partial charge on any atom is 0.318 e. The van der Waals surface area contributed by atoms with Crippen LogP contribution in [0.5, 0.6) is 0 Å². The highest BCUT2D eigenvalue weighted by Crippen LogP contribution is 2.19. The highest BCUT2D eigenvalue weighted by atomic mass is 16.2. The number of urea groups is 1. The first-order valence-corrected chi connectivity index (χ1v) is 9.44. The number of carbonyl (C=O) groups is 2. The highest BCUT2D eigenvalue weighted by molar-refractivity contribution is 5.92. The fourth-order valence-corrected chi connectivity index (χ4v) is 3.64. The number of hydrogen-bond acceptors (Lipinski definition) is 3. The number of fused-ring (bicyclic) bond motifs is 1. The smallest absolute Gasteiger partial charge is 0.318 e. The molecule has 0 radical (unpaired) electrons. The molecule has 0 bridgehead atoms. The van der Waals surface area contributed by atoms with Crippen molar-refractivity contribution in [2.24, 2.45) is 7.05 Å². The van der Waals surface area contributed by atoms with E-state index in [-0.39, 0.29) is 18.0 Å². The normalized spacial score (nSPS) is 15.6. The number of nitrogens with one attached hydrogen (secondary N) is 2. The van der Waals surface area contributed by atoms with Gasteiger partial charge in [0.15, 0.2) is 0 Å². The zero-order valence-electron chi connectivity index (χ0n) is 16.1. The third kappa shape index (κ3) is 3.33. The monoisotopic (exact) mass is 380 g/mol. The van der Waals surface area contributed by atoms with Crippen LogP contribution in [0.2, 0.25) is 0 Å². The Labute approximate surface area is 163 Å². The van der Waals surface area contributed by atoms with E-state index < -0.39 is 0 Å². The summed E-state index contributed by atoms with van der Waals surface area (Å²) >= 11 is 0. The van der Waals surface area contributed by atoms with Crippen LogP contribution in [0.1, 0.15) is 29.3 Å². The number of nitrogens with zero attached hydrogens (tertiary/aromatic N) is 4. The summed E-state index contributed by atoms with van der Waals surface area (Å²) in [6.07, 6.45) is 1.74. The number of para-hydroxylation sites is 2. The zero-order chi connectivity index (χ0) is 19.7. The molecule has 8 heteroatoms. The first-order chi connectivity index (χ1) is 13.5. The zero-order valence-corrected chi connectivity index (χ0v) is 16.1. The van der Waals surface area contributed by atoms with Gasteiger partial charge in [0, 0.05) is 39.4 Å². The summed E-state index contributed by atoms with van der Waals surface area (Å²) < 4.78 is 2.01. The molecule has 1 aliphatic heterocycles. The Morgan fingerprint density at radius 3 is 2.46 bits per heavy atom. The number of hydrogen-bond donors (Lipinski definition) is 2. The van der Waals surface area contributed by atoms with Gasteiger partial charge in [0.2, 0.25) is 0 Å². The number of rotatable bonds is 3. The molecular formula is C20H24N6O2. The molecule has 28 heavy (non-hydrogen) atoms. The van der Waals surface area contributed by atoms with E-state index >= 15 is 0 Å². The molecule has 146 valence electrons. The van der Waals surface area contributed by atoms with E-state index in [1.807, 2.05) is 42.8 Å². The number of aromatic nitrogens is 3. The standard InChI is InChI=1S/C20H24N6O2/c1-14(18-23-15-6-3-4-8-17(15)24(18)2)22-20(28)26-12-10-25(11-13-26)19(27)16-7-5-9-21-16/h3-9,14,21H,10-13H2,1-2H3,(H,22,28)/t14-/m0/s1. The molecule has 0 saturated carbocycles. The second kappa shape index (κ2) is 7.38. The van der Waals surface area contributed by atoms with Gasteiger partial charge in [-0.2, -0.15) is 0 Å². The van der Waals surface area contributed by atoms with Gasteiger partial charge in [-0.1, -0.05) is 12.1 Å². The van der Waals surface area contributed by atoms with Crippen molar-refractivity contribution in [2.45, 2.75) is 13.0 Å². The van der Waals surface area contributed by atoms with Gasteiger partial charge in [0.05, 0.1) is 17.1 Å². The van der Waals surface area contributed by atoms with Gasteiger partial charge in [-0.3, -0.25) is 4.79 Å². The number of aryl methyl sites for hydroxylation is 1. The summed E-state index contributed by atoms with van der Waals surface area (Å²) in [5, 5.41) is 3.03. The van der Waals surface area contributed by atoms with Gasteiger partial charge in [-0.25, -0.2) is 9.78 Å². The van der Waals surface area contributed by atoms with Crippen molar-refractivity contribution in [1.29, 1.82) is 0 Å².